The van der Waals surface area contributed by atoms with Gasteiger partial charge in [0.2, 0.25) is 0 Å². The van der Waals surface area contributed by atoms with Crippen molar-refractivity contribution in [2.75, 3.05) is 12.8 Å². The fourth-order valence-corrected chi connectivity index (χ4v) is 1.75. The molecule has 92 valence electrons. The van der Waals surface area contributed by atoms with Gasteiger partial charge in [0.15, 0.2) is 0 Å². The Labute approximate surface area is 105 Å². The van der Waals surface area contributed by atoms with Gasteiger partial charge in [-0.25, -0.2) is 4.79 Å². The van der Waals surface area contributed by atoms with E-state index in [-0.39, 0.29) is 11.3 Å². The van der Waals surface area contributed by atoms with Crippen LogP contribution in [0.3, 0.4) is 0 Å². The topological polar surface area (TPSA) is 72.5 Å². The molecule has 0 aliphatic carbocycles. The first-order valence-corrected chi connectivity index (χ1v) is 5.39. The Kier molecular flexibility index (Phi) is 3.19. The van der Waals surface area contributed by atoms with Gasteiger partial charge in [-0.05, 0) is 11.6 Å². The van der Waals surface area contributed by atoms with Crippen LogP contribution >= 0.6 is 0 Å². The molecule has 0 radical (unpaired) electrons. The number of phenolic OH excluding ortho intramolecular Hbond substituents is 1. The van der Waals surface area contributed by atoms with E-state index >= 15 is 0 Å². The minimum Gasteiger partial charge on any atom is -0.507 e. The van der Waals surface area contributed by atoms with Gasteiger partial charge in [-0.15, -0.1) is 0 Å². The summed E-state index contributed by atoms with van der Waals surface area (Å²) in [5.74, 6) is -0.774. The van der Waals surface area contributed by atoms with Crippen molar-refractivity contribution >= 4 is 11.7 Å². The predicted molar refractivity (Wildman–Crippen MR) is 69.3 cm³/mol. The molecule has 0 spiro atoms. The van der Waals surface area contributed by atoms with Crippen LogP contribution in [-0.4, -0.2) is 18.2 Å². The van der Waals surface area contributed by atoms with Crippen LogP contribution < -0.4 is 5.73 Å². The first-order chi connectivity index (χ1) is 8.63. The highest BCUT2D eigenvalue weighted by atomic mass is 16.5. The Morgan fingerprint density at radius 1 is 1.22 bits per heavy atom. The Morgan fingerprint density at radius 2 is 1.89 bits per heavy atom. The minimum atomic E-state index is -0.593. The molecule has 0 heterocycles. The van der Waals surface area contributed by atoms with Crippen molar-refractivity contribution in [2.45, 2.75) is 0 Å². The van der Waals surface area contributed by atoms with E-state index in [9.17, 15) is 9.90 Å². The number of hydrogen-bond donors (Lipinski definition) is 2. The van der Waals surface area contributed by atoms with Crippen LogP contribution in [0.5, 0.6) is 5.75 Å². The number of nitrogen functional groups attached to an aromatic ring is 1. The number of esters is 1. The van der Waals surface area contributed by atoms with Gasteiger partial charge >= 0.3 is 5.97 Å². The molecule has 4 heteroatoms. The Morgan fingerprint density at radius 3 is 2.50 bits per heavy atom. The number of carbonyl (C=O) groups is 1. The maximum absolute atomic E-state index is 11.5. The lowest BCUT2D eigenvalue weighted by atomic mass is 10.0. The normalized spacial score (nSPS) is 10.1. The smallest absolute Gasteiger partial charge is 0.341 e. The van der Waals surface area contributed by atoms with E-state index in [1.807, 2.05) is 30.3 Å². The Hall–Kier alpha value is -2.49. The molecule has 4 nitrogen and oxygen atoms in total. The molecule has 0 aromatic heterocycles. The van der Waals surface area contributed by atoms with Crippen molar-refractivity contribution in [3.63, 3.8) is 0 Å². The third kappa shape index (κ3) is 2.13. The van der Waals surface area contributed by atoms with E-state index in [1.165, 1.54) is 19.2 Å². The summed E-state index contributed by atoms with van der Waals surface area (Å²) in [5, 5.41) is 9.68. The quantitative estimate of drug-likeness (QED) is 0.627. The third-order valence-electron chi connectivity index (χ3n) is 2.66. The van der Waals surface area contributed by atoms with Crippen molar-refractivity contribution < 1.29 is 14.6 Å². The molecule has 0 unspecified atom stereocenters. The van der Waals surface area contributed by atoms with E-state index in [4.69, 9.17) is 5.73 Å². The third-order valence-corrected chi connectivity index (χ3v) is 2.66. The highest BCUT2D eigenvalue weighted by Gasteiger charge is 2.15. The fraction of sp³-hybridized carbons (Fsp3) is 0.0714. The summed E-state index contributed by atoms with van der Waals surface area (Å²) in [5.41, 5.74) is 7.93. The van der Waals surface area contributed by atoms with Crippen molar-refractivity contribution in [2.24, 2.45) is 0 Å². The van der Waals surface area contributed by atoms with Crippen LogP contribution in [0.15, 0.2) is 42.5 Å². The van der Waals surface area contributed by atoms with Gasteiger partial charge < -0.3 is 15.6 Å². The van der Waals surface area contributed by atoms with E-state index in [2.05, 4.69) is 4.74 Å². The van der Waals surface area contributed by atoms with Gasteiger partial charge in [0.05, 0.1) is 7.11 Å². The second kappa shape index (κ2) is 4.79. The van der Waals surface area contributed by atoms with Crippen molar-refractivity contribution in [1.29, 1.82) is 0 Å². The average molecular weight is 243 g/mol. The number of aromatic hydroxyl groups is 1. The largest absolute Gasteiger partial charge is 0.507 e. The minimum absolute atomic E-state index is 0.102. The Bertz CT molecular complexity index is 579. The summed E-state index contributed by atoms with van der Waals surface area (Å²) in [6, 6.07) is 12.3. The number of anilines is 1. The number of nitrogens with two attached hydrogens (primary N) is 1. The SMILES string of the molecule is COC(=O)c1cc(-c2ccccc2)c(N)cc1O. The fourth-order valence-electron chi connectivity index (χ4n) is 1.75. The standard InChI is InChI=1S/C14H13NO3/c1-18-14(17)11-7-10(12(15)8-13(11)16)9-5-3-2-4-6-9/h2-8,16H,15H2,1H3. The molecule has 2 aromatic rings. The van der Waals surface area contributed by atoms with Crippen molar-refractivity contribution in [3.8, 4) is 16.9 Å². The van der Waals surface area contributed by atoms with Gasteiger partial charge in [0, 0.05) is 17.3 Å². The number of hydrogen-bond acceptors (Lipinski definition) is 4. The molecule has 0 saturated heterocycles. The van der Waals surface area contributed by atoms with Gasteiger partial charge in [0.25, 0.3) is 0 Å². The number of carbonyl (C=O) groups excluding carboxylic acids is 1. The van der Waals surface area contributed by atoms with Crippen LogP contribution in [-0.2, 0) is 4.74 Å². The molecule has 2 rings (SSSR count). The second-order valence-corrected chi connectivity index (χ2v) is 3.81. The van der Waals surface area contributed by atoms with E-state index in [1.54, 1.807) is 0 Å². The highest BCUT2D eigenvalue weighted by molar-refractivity contribution is 5.96. The van der Waals surface area contributed by atoms with Crippen molar-refractivity contribution in [1.82, 2.24) is 0 Å². The summed E-state index contributed by atoms with van der Waals surface area (Å²) in [6.45, 7) is 0. The summed E-state index contributed by atoms with van der Waals surface area (Å²) in [6.07, 6.45) is 0. The van der Waals surface area contributed by atoms with Gasteiger partial charge in [-0.1, -0.05) is 30.3 Å². The molecule has 0 aliphatic heterocycles. The first-order valence-electron chi connectivity index (χ1n) is 5.39. The van der Waals surface area contributed by atoms with Crippen LogP contribution in [0, 0.1) is 0 Å². The van der Waals surface area contributed by atoms with Crippen LogP contribution in [0.4, 0.5) is 5.69 Å². The molecule has 0 fully saturated rings. The Balaban J connectivity index is 2.59. The van der Waals surface area contributed by atoms with Crippen LogP contribution in [0.25, 0.3) is 11.1 Å². The molecule has 18 heavy (non-hydrogen) atoms. The maximum Gasteiger partial charge on any atom is 0.341 e. The van der Waals surface area contributed by atoms with Gasteiger partial charge in [0.1, 0.15) is 11.3 Å². The molecule has 0 bridgehead atoms. The number of ether oxygens (including phenoxy) is 1. The molecular weight excluding hydrogens is 230 g/mol. The zero-order valence-corrected chi connectivity index (χ0v) is 9.88. The maximum atomic E-state index is 11.5. The number of rotatable bonds is 2. The summed E-state index contributed by atoms with van der Waals surface area (Å²) in [7, 11) is 1.26. The molecule has 3 N–H and O–H groups in total. The molecule has 2 aromatic carbocycles. The lowest BCUT2D eigenvalue weighted by Crippen LogP contribution is -2.03. The van der Waals surface area contributed by atoms with E-state index < -0.39 is 5.97 Å². The van der Waals surface area contributed by atoms with Gasteiger partial charge in [-0.2, -0.15) is 0 Å². The lowest BCUT2D eigenvalue weighted by Gasteiger charge is -2.10. The lowest BCUT2D eigenvalue weighted by molar-refractivity contribution is 0.0597. The van der Waals surface area contributed by atoms with Crippen molar-refractivity contribution in [3.05, 3.63) is 48.0 Å². The van der Waals surface area contributed by atoms with E-state index in [0.717, 1.165) is 5.56 Å². The number of benzene rings is 2. The van der Waals surface area contributed by atoms with Gasteiger partial charge in [-0.3, -0.25) is 0 Å². The predicted octanol–water partition coefficient (Wildman–Crippen LogP) is 2.43. The molecule has 0 saturated carbocycles. The average Bonchev–Trinajstić information content (AvgIpc) is 2.39. The first kappa shape index (κ1) is 12.0. The van der Waals surface area contributed by atoms with E-state index in [0.29, 0.717) is 11.3 Å². The zero-order chi connectivity index (χ0) is 13.1. The number of phenols is 1. The molecule has 0 aliphatic rings. The zero-order valence-electron chi connectivity index (χ0n) is 9.88. The summed E-state index contributed by atoms with van der Waals surface area (Å²) < 4.78 is 4.61. The summed E-state index contributed by atoms with van der Waals surface area (Å²) in [4.78, 5) is 11.5. The van der Waals surface area contributed by atoms with Crippen LogP contribution in [0.2, 0.25) is 0 Å². The van der Waals surface area contributed by atoms with Crippen LogP contribution in [0.1, 0.15) is 10.4 Å². The monoisotopic (exact) mass is 243 g/mol. The molecular formula is C14H13NO3. The second-order valence-electron chi connectivity index (χ2n) is 3.81. The number of methoxy groups -OCH3 is 1. The molecule has 0 atom stereocenters. The molecule has 0 amide bonds. The summed E-state index contributed by atoms with van der Waals surface area (Å²) >= 11 is 0. The highest BCUT2D eigenvalue weighted by Crippen LogP contribution is 2.32.